The van der Waals surface area contributed by atoms with Gasteiger partial charge in [-0.05, 0) is 37.9 Å². The Kier molecular flexibility index (Phi) is 4.17. The quantitative estimate of drug-likeness (QED) is 0.892. The fraction of sp³-hybridized carbons (Fsp3) is 0.571. The fourth-order valence-corrected chi connectivity index (χ4v) is 2.53. The van der Waals surface area contributed by atoms with E-state index in [1.54, 1.807) is 6.92 Å². The van der Waals surface area contributed by atoms with E-state index in [0.717, 1.165) is 19.4 Å². The predicted molar refractivity (Wildman–Crippen MR) is 70.0 cm³/mol. The van der Waals surface area contributed by atoms with Crippen molar-refractivity contribution in [1.29, 1.82) is 0 Å². The van der Waals surface area contributed by atoms with Crippen molar-refractivity contribution in [2.75, 3.05) is 24.5 Å². The summed E-state index contributed by atoms with van der Waals surface area (Å²) in [6, 6.07) is 3.31. The Balaban J connectivity index is 2.12. The third-order valence-corrected chi connectivity index (χ3v) is 3.56. The van der Waals surface area contributed by atoms with E-state index in [1.165, 1.54) is 12.1 Å². The lowest BCUT2D eigenvalue weighted by molar-refractivity contribution is 0.417. The molecule has 2 nitrogen and oxygen atoms in total. The second kappa shape index (κ2) is 5.65. The lowest BCUT2D eigenvalue weighted by Crippen LogP contribution is -2.43. The largest absolute Gasteiger partial charge is 0.367 e. The van der Waals surface area contributed by atoms with Crippen LogP contribution in [0, 0.1) is 18.6 Å². The van der Waals surface area contributed by atoms with Gasteiger partial charge in [0.05, 0.1) is 0 Å². The van der Waals surface area contributed by atoms with Crippen LogP contribution in [0.5, 0.6) is 0 Å². The van der Waals surface area contributed by atoms with Gasteiger partial charge in [-0.1, -0.05) is 13.0 Å². The molecule has 18 heavy (non-hydrogen) atoms. The Morgan fingerprint density at radius 2 is 1.94 bits per heavy atom. The number of anilines is 1. The van der Waals surface area contributed by atoms with Gasteiger partial charge in [0.2, 0.25) is 0 Å². The molecule has 1 aliphatic rings. The van der Waals surface area contributed by atoms with Crippen LogP contribution in [0.25, 0.3) is 0 Å². The zero-order valence-corrected chi connectivity index (χ0v) is 11.0. The molecule has 0 saturated carbocycles. The van der Waals surface area contributed by atoms with E-state index in [4.69, 9.17) is 0 Å². The zero-order valence-electron chi connectivity index (χ0n) is 11.0. The highest BCUT2D eigenvalue weighted by atomic mass is 19.1. The van der Waals surface area contributed by atoms with Crippen molar-refractivity contribution in [2.45, 2.75) is 32.7 Å². The number of benzene rings is 1. The molecule has 1 N–H and O–H groups in total. The molecule has 1 aliphatic heterocycles. The number of hydrogen-bond acceptors (Lipinski definition) is 2. The van der Waals surface area contributed by atoms with Gasteiger partial charge in [0.1, 0.15) is 11.5 Å². The zero-order chi connectivity index (χ0) is 13.1. The molecule has 0 atom stereocenters. The van der Waals surface area contributed by atoms with Crippen LogP contribution >= 0.6 is 0 Å². The van der Waals surface area contributed by atoms with Crippen LogP contribution in [-0.4, -0.2) is 25.7 Å². The average Bonchev–Trinajstić information content (AvgIpc) is 2.37. The molecule has 0 spiro atoms. The molecule has 1 heterocycles. The summed E-state index contributed by atoms with van der Waals surface area (Å²) in [5.41, 5.74) is 0.644. The van der Waals surface area contributed by atoms with Crippen molar-refractivity contribution in [1.82, 2.24) is 5.32 Å². The van der Waals surface area contributed by atoms with Gasteiger partial charge >= 0.3 is 0 Å². The first kappa shape index (κ1) is 13.3. The summed E-state index contributed by atoms with van der Waals surface area (Å²) in [6.07, 6.45) is 1.86. The summed E-state index contributed by atoms with van der Waals surface area (Å²) in [5, 5.41) is 3.38. The van der Waals surface area contributed by atoms with Crippen molar-refractivity contribution in [3.8, 4) is 0 Å². The Morgan fingerprint density at radius 3 is 2.56 bits per heavy atom. The summed E-state index contributed by atoms with van der Waals surface area (Å²) >= 11 is 0. The van der Waals surface area contributed by atoms with Crippen LogP contribution in [0.1, 0.15) is 25.3 Å². The van der Waals surface area contributed by atoms with Gasteiger partial charge in [-0.15, -0.1) is 0 Å². The third kappa shape index (κ3) is 2.64. The van der Waals surface area contributed by atoms with Gasteiger partial charge in [0.25, 0.3) is 0 Å². The van der Waals surface area contributed by atoms with E-state index in [0.29, 0.717) is 24.7 Å². The first-order valence-electron chi connectivity index (χ1n) is 6.56. The van der Waals surface area contributed by atoms with Gasteiger partial charge in [-0.2, -0.15) is 0 Å². The Bertz CT molecular complexity index is 413. The highest BCUT2D eigenvalue weighted by Crippen LogP contribution is 2.28. The highest BCUT2D eigenvalue weighted by molar-refractivity contribution is 5.51. The second-order valence-corrected chi connectivity index (χ2v) is 4.85. The standard InChI is InChI=1S/C14H20F2N2/c1-3-17-11-6-8-18(9-7-11)14-12(15)5-4-10(2)13(14)16/h4-5,11,17H,3,6-9H2,1-2H3. The number of hydrogen-bond donors (Lipinski definition) is 1. The molecule has 2 rings (SSSR count). The molecule has 0 amide bonds. The van der Waals surface area contributed by atoms with E-state index >= 15 is 0 Å². The molecule has 0 bridgehead atoms. The maximum atomic E-state index is 14.0. The van der Waals surface area contributed by atoms with E-state index in [2.05, 4.69) is 12.2 Å². The van der Waals surface area contributed by atoms with Gasteiger partial charge < -0.3 is 10.2 Å². The molecule has 1 fully saturated rings. The molecule has 0 radical (unpaired) electrons. The molecule has 0 unspecified atom stereocenters. The first-order chi connectivity index (χ1) is 8.63. The van der Waals surface area contributed by atoms with Crippen LogP contribution in [-0.2, 0) is 0 Å². The number of nitrogens with one attached hydrogen (secondary N) is 1. The van der Waals surface area contributed by atoms with Crippen molar-refractivity contribution < 1.29 is 8.78 Å². The summed E-state index contributed by atoms with van der Waals surface area (Å²) < 4.78 is 27.8. The van der Waals surface area contributed by atoms with Gasteiger partial charge in [0, 0.05) is 19.1 Å². The minimum Gasteiger partial charge on any atom is -0.367 e. The van der Waals surface area contributed by atoms with E-state index in [9.17, 15) is 8.78 Å². The van der Waals surface area contributed by atoms with Gasteiger partial charge in [-0.25, -0.2) is 8.78 Å². The Hall–Kier alpha value is -1.16. The third-order valence-electron chi connectivity index (χ3n) is 3.56. The fourth-order valence-electron chi connectivity index (χ4n) is 2.53. The molecule has 0 aliphatic carbocycles. The Labute approximate surface area is 107 Å². The number of aryl methyl sites for hydroxylation is 1. The summed E-state index contributed by atoms with van der Waals surface area (Å²) in [6.45, 7) is 6.09. The number of nitrogens with zero attached hydrogens (tertiary/aromatic N) is 1. The maximum absolute atomic E-state index is 14.0. The van der Waals surface area contributed by atoms with Crippen LogP contribution in [0.15, 0.2) is 12.1 Å². The summed E-state index contributed by atoms with van der Waals surface area (Å²) in [7, 11) is 0. The number of piperidine rings is 1. The molecule has 4 heteroatoms. The normalized spacial score (nSPS) is 17.2. The van der Waals surface area contributed by atoms with Gasteiger partial charge in [-0.3, -0.25) is 0 Å². The summed E-state index contributed by atoms with van der Waals surface area (Å²) in [4.78, 5) is 1.82. The smallest absolute Gasteiger partial charge is 0.152 e. The summed E-state index contributed by atoms with van der Waals surface area (Å²) in [5.74, 6) is -0.878. The van der Waals surface area contributed by atoms with Crippen LogP contribution in [0.3, 0.4) is 0 Å². The molecule has 1 saturated heterocycles. The predicted octanol–water partition coefficient (Wildman–Crippen LogP) is 2.85. The molecule has 1 aromatic carbocycles. The second-order valence-electron chi connectivity index (χ2n) is 4.85. The van der Waals surface area contributed by atoms with Crippen molar-refractivity contribution in [2.24, 2.45) is 0 Å². The van der Waals surface area contributed by atoms with Crippen molar-refractivity contribution in [3.63, 3.8) is 0 Å². The first-order valence-corrected chi connectivity index (χ1v) is 6.56. The van der Waals surface area contributed by atoms with Crippen LogP contribution < -0.4 is 10.2 Å². The van der Waals surface area contributed by atoms with E-state index in [1.807, 2.05) is 4.90 Å². The molecule has 1 aromatic rings. The van der Waals surface area contributed by atoms with Crippen molar-refractivity contribution >= 4 is 5.69 Å². The van der Waals surface area contributed by atoms with Crippen molar-refractivity contribution in [3.05, 3.63) is 29.3 Å². The van der Waals surface area contributed by atoms with Gasteiger partial charge in [0.15, 0.2) is 5.82 Å². The Morgan fingerprint density at radius 1 is 1.28 bits per heavy atom. The van der Waals surface area contributed by atoms with E-state index in [-0.39, 0.29) is 5.69 Å². The van der Waals surface area contributed by atoms with Crippen LogP contribution in [0.2, 0.25) is 0 Å². The molecular formula is C14H20F2N2. The molecular weight excluding hydrogens is 234 g/mol. The highest BCUT2D eigenvalue weighted by Gasteiger charge is 2.23. The number of rotatable bonds is 3. The monoisotopic (exact) mass is 254 g/mol. The maximum Gasteiger partial charge on any atom is 0.152 e. The van der Waals surface area contributed by atoms with E-state index < -0.39 is 11.6 Å². The minimum absolute atomic E-state index is 0.143. The number of halogens is 2. The minimum atomic E-state index is -0.458. The average molecular weight is 254 g/mol. The SMILES string of the molecule is CCNC1CCN(c2c(F)ccc(C)c2F)CC1. The molecule has 0 aromatic heterocycles. The lowest BCUT2D eigenvalue weighted by atomic mass is 10.0. The topological polar surface area (TPSA) is 15.3 Å². The van der Waals surface area contributed by atoms with Crippen LogP contribution in [0.4, 0.5) is 14.5 Å². The lowest BCUT2D eigenvalue weighted by Gasteiger charge is -2.34. The molecule has 100 valence electrons.